The van der Waals surface area contributed by atoms with Gasteiger partial charge in [-0.2, -0.15) is 0 Å². The Labute approximate surface area is 229 Å². The van der Waals surface area contributed by atoms with Gasteiger partial charge in [0, 0.05) is 25.2 Å². The maximum absolute atomic E-state index is 14.4. The van der Waals surface area contributed by atoms with Gasteiger partial charge in [0.05, 0.1) is 30.6 Å². The second-order valence-electron chi connectivity index (χ2n) is 10.4. The Hall–Kier alpha value is -3.14. The summed E-state index contributed by atoms with van der Waals surface area (Å²) in [5.74, 6) is -0.771. The van der Waals surface area contributed by atoms with Crippen LogP contribution in [0.1, 0.15) is 56.7 Å². The SMILES string of the molecule is CCC[C@@H](N[C@H]1CCc2cc(F)cc(F)c2C1)C(=O)Nc1cn(-c2ccccc2CNCCOC(C)C)cn1. The Morgan fingerprint density at radius 2 is 2.05 bits per heavy atom. The molecule has 4 rings (SSSR count). The van der Waals surface area contributed by atoms with Gasteiger partial charge in [0.1, 0.15) is 18.0 Å². The molecule has 0 fully saturated rings. The number of benzene rings is 2. The minimum Gasteiger partial charge on any atom is -0.377 e. The molecule has 9 heteroatoms. The minimum absolute atomic E-state index is 0.0670. The summed E-state index contributed by atoms with van der Waals surface area (Å²) < 4.78 is 35.5. The fourth-order valence-corrected chi connectivity index (χ4v) is 5.03. The highest BCUT2D eigenvalue weighted by Crippen LogP contribution is 2.26. The first-order chi connectivity index (χ1) is 18.8. The number of amides is 1. The molecule has 0 radical (unpaired) electrons. The molecular weight excluding hydrogens is 500 g/mol. The standard InChI is InChI=1S/C30H39F2N5O2/c1-4-7-27(35-24-11-10-21-14-23(31)15-26(32)25(21)16-24)30(38)36-29-18-37(19-34-29)28-9-6-5-8-22(28)17-33-12-13-39-20(2)3/h5-6,8-9,14-15,18-20,24,27,33,35H,4,7,10-13,16-17H2,1-3H3,(H,36,38)/t24-,27+/m0/s1. The lowest BCUT2D eigenvalue weighted by Crippen LogP contribution is -2.48. The fraction of sp³-hybridized carbons (Fsp3) is 0.467. The molecule has 1 aliphatic rings. The van der Waals surface area contributed by atoms with Gasteiger partial charge in [0.25, 0.3) is 0 Å². The zero-order chi connectivity index (χ0) is 27.8. The Balaban J connectivity index is 1.37. The molecule has 3 aromatic rings. The van der Waals surface area contributed by atoms with E-state index in [-0.39, 0.29) is 18.1 Å². The molecule has 3 N–H and O–H groups in total. The highest BCUT2D eigenvalue weighted by molar-refractivity contribution is 5.94. The number of aromatic nitrogens is 2. The second kappa shape index (κ2) is 13.8. The molecule has 0 unspecified atom stereocenters. The van der Waals surface area contributed by atoms with Crippen LogP contribution in [-0.2, 0) is 28.9 Å². The van der Waals surface area contributed by atoms with Gasteiger partial charge in [-0.05, 0) is 68.4 Å². The molecule has 0 aliphatic heterocycles. The number of imidazole rings is 1. The van der Waals surface area contributed by atoms with E-state index in [1.165, 1.54) is 6.07 Å². The van der Waals surface area contributed by atoms with Gasteiger partial charge in [0.15, 0.2) is 5.82 Å². The van der Waals surface area contributed by atoms with Gasteiger partial charge in [-0.15, -0.1) is 0 Å². The molecule has 0 saturated carbocycles. The molecule has 0 saturated heterocycles. The number of fused-ring (bicyclic) bond motifs is 1. The normalized spacial score (nSPS) is 15.8. The summed E-state index contributed by atoms with van der Waals surface area (Å²) in [7, 11) is 0. The quantitative estimate of drug-likeness (QED) is 0.269. The fourth-order valence-electron chi connectivity index (χ4n) is 5.03. The van der Waals surface area contributed by atoms with Gasteiger partial charge in [-0.1, -0.05) is 31.5 Å². The summed E-state index contributed by atoms with van der Waals surface area (Å²) in [6.07, 6.45) is 6.87. The summed E-state index contributed by atoms with van der Waals surface area (Å²) in [5.41, 5.74) is 3.33. The number of halogens is 2. The summed E-state index contributed by atoms with van der Waals surface area (Å²) in [6, 6.07) is 9.88. The van der Waals surface area contributed by atoms with E-state index in [1.807, 2.05) is 49.7 Å². The van der Waals surface area contributed by atoms with Crippen molar-refractivity contribution >= 4 is 11.7 Å². The lowest BCUT2D eigenvalue weighted by atomic mass is 9.87. The van der Waals surface area contributed by atoms with Crippen LogP contribution in [0.25, 0.3) is 5.69 Å². The molecule has 39 heavy (non-hydrogen) atoms. The van der Waals surface area contributed by atoms with Gasteiger partial charge >= 0.3 is 0 Å². The third kappa shape index (κ3) is 7.94. The lowest BCUT2D eigenvalue weighted by Gasteiger charge is -2.29. The van der Waals surface area contributed by atoms with Crippen LogP contribution in [-0.4, -0.2) is 46.8 Å². The molecule has 1 amide bonds. The number of ether oxygens (including phenoxy) is 1. The Bertz CT molecular complexity index is 1250. The van der Waals surface area contributed by atoms with E-state index in [9.17, 15) is 13.6 Å². The molecule has 7 nitrogen and oxygen atoms in total. The molecule has 1 aromatic heterocycles. The zero-order valence-electron chi connectivity index (χ0n) is 23.0. The third-order valence-electron chi connectivity index (χ3n) is 6.95. The number of carbonyl (C=O) groups is 1. The topological polar surface area (TPSA) is 80.2 Å². The van der Waals surface area contributed by atoms with Crippen molar-refractivity contribution in [1.29, 1.82) is 0 Å². The van der Waals surface area contributed by atoms with Crippen molar-refractivity contribution in [2.24, 2.45) is 0 Å². The largest absolute Gasteiger partial charge is 0.377 e. The first kappa shape index (κ1) is 28.9. The van der Waals surface area contributed by atoms with Crippen molar-refractivity contribution in [3.8, 4) is 5.69 Å². The molecule has 0 spiro atoms. The Morgan fingerprint density at radius 1 is 1.23 bits per heavy atom. The van der Waals surface area contributed by atoms with Crippen LogP contribution >= 0.6 is 0 Å². The van der Waals surface area contributed by atoms with Gasteiger partial charge in [-0.25, -0.2) is 13.8 Å². The van der Waals surface area contributed by atoms with E-state index in [0.29, 0.717) is 55.8 Å². The van der Waals surface area contributed by atoms with Crippen molar-refractivity contribution in [2.45, 2.75) is 77.6 Å². The van der Waals surface area contributed by atoms with Gasteiger partial charge in [-0.3, -0.25) is 4.79 Å². The molecule has 1 aliphatic carbocycles. The molecule has 210 valence electrons. The van der Waals surface area contributed by atoms with E-state index >= 15 is 0 Å². The van der Waals surface area contributed by atoms with Gasteiger partial charge in [0.2, 0.25) is 5.91 Å². The molecule has 0 bridgehead atoms. The van der Waals surface area contributed by atoms with Crippen molar-refractivity contribution in [3.05, 3.63) is 77.2 Å². The Morgan fingerprint density at radius 3 is 2.85 bits per heavy atom. The van der Waals surface area contributed by atoms with Gasteiger partial charge < -0.3 is 25.3 Å². The minimum atomic E-state index is -0.546. The van der Waals surface area contributed by atoms with Crippen molar-refractivity contribution in [1.82, 2.24) is 20.2 Å². The van der Waals surface area contributed by atoms with Crippen molar-refractivity contribution in [3.63, 3.8) is 0 Å². The van der Waals surface area contributed by atoms with Crippen LogP contribution in [0, 0.1) is 11.6 Å². The van der Waals surface area contributed by atoms with E-state index < -0.39 is 17.7 Å². The average Bonchev–Trinajstić information content (AvgIpc) is 3.36. The van der Waals surface area contributed by atoms with Crippen LogP contribution in [0.3, 0.4) is 0 Å². The first-order valence-electron chi connectivity index (χ1n) is 13.8. The van der Waals surface area contributed by atoms with Crippen LogP contribution in [0.4, 0.5) is 14.6 Å². The summed E-state index contributed by atoms with van der Waals surface area (Å²) in [6.45, 7) is 8.14. The van der Waals surface area contributed by atoms with Crippen LogP contribution in [0.15, 0.2) is 48.9 Å². The predicted molar refractivity (Wildman–Crippen MR) is 149 cm³/mol. The molecule has 2 aromatic carbocycles. The lowest BCUT2D eigenvalue weighted by molar-refractivity contribution is -0.118. The average molecular weight is 540 g/mol. The van der Waals surface area contributed by atoms with Crippen LogP contribution in [0.2, 0.25) is 0 Å². The monoisotopic (exact) mass is 539 g/mol. The number of rotatable bonds is 13. The highest BCUT2D eigenvalue weighted by Gasteiger charge is 2.27. The van der Waals surface area contributed by atoms with E-state index in [2.05, 4.69) is 27.0 Å². The second-order valence-corrected chi connectivity index (χ2v) is 10.4. The predicted octanol–water partition coefficient (Wildman–Crippen LogP) is 4.92. The number of nitrogens with one attached hydrogen (secondary N) is 3. The number of carbonyl (C=O) groups excluding carboxylic acids is 1. The Kier molecular flexibility index (Phi) is 10.2. The van der Waals surface area contributed by atoms with E-state index in [0.717, 1.165) is 30.3 Å². The summed E-state index contributed by atoms with van der Waals surface area (Å²) in [4.78, 5) is 17.6. The summed E-state index contributed by atoms with van der Waals surface area (Å²) >= 11 is 0. The maximum Gasteiger partial charge on any atom is 0.242 e. The number of hydrogen-bond donors (Lipinski definition) is 3. The van der Waals surface area contributed by atoms with Crippen molar-refractivity contribution < 1.29 is 18.3 Å². The van der Waals surface area contributed by atoms with E-state index in [4.69, 9.17) is 4.74 Å². The first-order valence-corrected chi connectivity index (χ1v) is 13.8. The third-order valence-corrected chi connectivity index (χ3v) is 6.95. The highest BCUT2D eigenvalue weighted by atomic mass is 19.1. The van der Waals surface area contributed by atoms with Crippen LogP contribution < -0.4 is 16.0 Å². The number of nitrogens with zero attached hydrogens (tertiary/aromatic N) is 2. The number of aryl methyl sites for hydroxylation is 1. The molecule has 2 atom stereocenters. The zero-order valence-corrected chi connectivity index (χ0v) is 23.0. The number of hydrogen-bond acceptors (Lipinski definition) is 5. The van der Waals surface area contributed by atoms with Crippen LogP contribution in [0.5, 0.6) is 0 Å². The smallest absolute Gasteiger partial charge is 0.242 e. The number of anilines is 1. The summed E-state index contributed by atoms with van der Waals surface area (Å²) in [5, 5.41) is 9.77. The van der Waals surface area contributed by atoms with E-state index in [1.54, 1.807) is 6.33 Å². The molecule has 1 heterocycles. The van der Waals surface area contributed by atoms with Crippen molar-refractivity contribution in [2.75, 3.05) is 18.5 Å². The maximum atomic E-state index is 14.4. The molecular formula is C30H39F2N5O2. The number of para-hydroxylation sites is 1.